The number of urea groups is 1. The van der Waals surface area contributed by atoms with Gasteiger partial charge < -0.3 is 20.3 Å². The Balaban J connectivity index is 1.28. The number of rotatable bonds is 8. The second-order valence-corrected chi connectivity index (χ2v) is 10.7. The molecule has 1 saturated heterocycles. The van der Waals surface area contributed by atoms with E-state index in [9.17, 15) is 18.0 Å². The van der Waals surface area contributed by atoms with Gasteiger partial charge in [-0.2, -0.15) is 13.2 Å². The standard InChI is InChI=1S/C32H34F3N7O2/c1-4-29-36-11-9-27(40-29)26-6-5-10-37-30(26)44-28-8-7-24(16-21(28)2)38-31(43)39-25-18-22(17-23(19-25)32(33,34)35)20-42-14-12-41(3)13-15-42/h5-11,16-19H,4,12-15,20H2,1-3H3,(H2,38,39,43). The fourth-order valence-corrected chi connectivity index (χ4v) is 4.91. The molecule has 0 bridgehead atoms. The number of pyridine rings is 1. The van der Waals surface area contributed by atoms with Gasteiger partial charge in [0.25, 0.3) is 0 Å². The van der Waals surface area contributed by atoms with Crippen molar-refractivity contribution in [1.82, 2.24) is 24.8 Å². The maximum absolute atomic E-state index is 13.7. The summed E-state index contributed by atoms with van der Waals surface area (Å²) in [7, 11) is 2.02. The first-order valence-corrected chi connectivity index (χ1v) is 14.3. The average molecular weight is 606 g/mol. The Morgan fingerprint density at radius 1 is 0.955 bits per heavy atom. The van der Waals surface area contributed by atoms with Crippen LogP contribution in [0.4, 0.5) is 29.3 Å². The van der Waals surface area contributed by atoms with Crippen molar-refractivity contribution >= 4 is 17.4 Å². The molecule has 0 spiro atoms. The van der Waals surface area contributed by atoms with E-state index in [4.69, 9.17) is 4.74 Å². The lowest BCUT2D eigenvalue weighted by atomic mass is 10.1. The summed E-state index contributed by atoms with van der Waals surface area (Å²) in [5.74, 6) is 1.59. The number of halogens is 3. The van der Waals surface area contributed by atoms with Crippen molar-refractivity contribution in [2.45, 2.75) is 33.0 Å². The van der Waals surface area contributed by atoms with Crippen molar-refractivity contribution in [3.05, 3.63) is 89.5 Å². The highest BCUT2D eigenvalue weighted by Crippen LogP contribution is 2.34. The molecule has 230 valence electrons. The predicted molar refractivity (Wildman–Crippen MR) is 163 cm³/mol. The monoisotopic (exact) mass is 605 g/mol. The van der Waals surface area contributed by atoms with E-state index >= 15 is 0 Å². The highest BCUT2D eigenvalue weighted by molar-refractivity contribution is 6.00. The Hall–Kier alpha value is -4.55. The number of likely N-dealkylation sites (N-methyl/N-ethyl adjacent to an activating group) is 1. The molecule has 2 amide bonds. The second-order valence-electron chi connectivity index (χ2n) is 10.7. The number of carbonyl (C=O) groups is 1. The van der Waals surface area contributed by atoms with Crippen LogP contribution in [-0.2, 0) is 19.1 Å². The molecule has 0 radical (unpaired) electrons. The van der Waals surface area contributed by atoms with Crippen LogP contribution in [0.3, 0.4) is 0 Å². The summed E-state index contributed by atoms with van der Waals surface area (Å²) in [4.78, 5) is 30.3. The first-order valence-electron chi connectivity index (χ1n) is 14.3. The zero-order valence-corrected chi connectivity index (χ0v) is 24.8. The molecule has 1 aliphatic rings. The highest BCUT2D eigenvalue weighted by Gasteiger charge is 2.31. The average Bonchev–Trinajstić information content (AvgIpc) is 2.99. The zero-order chi connectivity index (χ0) is 31.3. The Labute approximate surface area is 254 Å². The number of carbonyl (C=O) groups excluding carboxylic acids is 1. The van der Waals surface area contributed by atoms with Gasteiger partial charge in [0.2, 0.25) is 5.88 Å². The molecule has 1 aliphatic heterocycles. The molecule has 0 saturated carbocycles. The van der Waals surface area contributed by atoms with E-state index in [2.05, 4.69) is 35.4 Å². The summed E-state index contributed by atoms with van der Waals surface area (Å²) in [6.07, 6.45) is -0.530. The summed E-state index contributed by atoms with van der Waals surface area (Å²) in [5, 5.41) is 5.27. The number of aromatic nitrogens is 3. The predicted octanol–water partition coefficient (Wildman–Crippen LogP) is 6.61. The fourth-order valence-electron chi connectivity index (χ4n) is 4.91. The van der Waals surface area contributed by atoms with E-state index in [0.29, 0.717) is 58.5 Å². The van der Waals surface area contributed by atoms with Gasteiger partial charge in [0, 0.05) is 62.9 Å². The van der Waals surface area contributed by atoms with Crippen molar-refractivity contribution in [3.63, 3.8) is 0 Å². The third-order valence-corrected chi connectivity index (χ3v) is 7.29. The zero-order valence-electron chi connectivity index (χ0n) is 24.8. The van der Waals surface area contributed by atoms with Gasteiger partial charge in [0.1, 0.15) is 11.6 Å². The normalized spacial score (nSPS) is 14.3. The molecule has 4 aromatic rings. The molecule has 3 heterocycles. The van der Waals surface area contributed by atoms with Gasteiger partial charge in [0.05, 0.1) is 16.8 Å². The quantitative estimate of drug-likeness (QED) is 0.233. The second kappa shape index (κ2) is 13.4. The van der Waals surface area contributed by atoms with Gasteiger partial charge in [-0.15, -0.1) is 0 Å². The van der Waals surface area contributed by atoms with Crippen LogP contribution in [0.2, 0.25) is 0 Å². The summed E-state index contributed by atoms with van der Waals surface area (Å²) >= 11 is 0. The number of nitrogens with zero attached hydrogens (tertiary/aromatic N) is 5. The Morgan fingerprint density at radius 2 is 1.73 bits per heavy atom. The number of hydrogen-bond acceptors (Lipinski definition) is 7. The van der Waals surface area contributed by atoms with Gasteiger partial charge in [-0.3, -0.25) is 4.90 Å². The van der Waals surface area contributed by atoms with Gasteiger partial charge in [-0.05, 0) is 79.7 Å². The number of piperazine rings is 1. The van der Waals surface area contributed by atoms with Crippen molar-refractivity contribution in [2.75, 3.05) is 43.9 Å². The summed E-state index contributed by atoms with van der Waals surface area (Å²) in [6.45, 7) is 7.38. The minimum atomic E-state index is -4.54. The van der Waals surface area contributed by atoms with Crippen molar-refractivity contribution < 1.29 is 22.7 Å². The Morgan fingerprint density at radius 3 is 2.45 bits per heavy atom. The number of nitrogens with one attached hydrogen (secondary N) is 2. The van der Waals surface area contributed by atoms with Crippen LogP contribution in [-0.4, -0.2) is 64.0 Å². The van der Waals surface area contributed by atoms with E-state index in [1.165, 1.54) is 0 Å². The van der Waals surface area contributed by atoms with Crippen molar-refractivity contribution in [2.24, 2.45) is 0 Å². The molecule has 12 heteroatoms. The summed E-state index contributed by atoms with van der Waals surface area (Å²) < 4.78 is 47.2. The Bertz CT molecular complexity index is 1620. The minimum Gasteiger partial charge on any atom is -0.438 e. The molecule has 2 aromatic carbocycles. The lowest BCUT2D eigenvalue weighted by Crippen LogP contribution is -2.43. The lowest BCUT2D eigenvalue weighted by molar-refractivity contribution is -0.137. The topological polar surface area (TPSA) is 95.5 Å². The smallest absolute Gasteiger partial charge is 0.416 e. The van der Waals surface area contributed by atoms with Crippen LogP contribution in [0.15, 0.2) is 67.0 Å². The molecule has 1 fully saturated rings. The molecule has 2 N–H and O–H groups in total. The first kappa shape index (κ1) is 30.9. The lowest BCUT2D eigenvalue weighted by Gasteiger charge is -2.32. The first-order chi connectivity index (χ1) is 21.1. The number of alkyl halides is 3. The van der Waals surface area contributed by atoms with Crippen LogP contribution in [0.5, 0.6) is 11.6 Å². The number of aryl methyl sites for hydroxylation is 2. The van der Waals surface area contributed by atoms with E-state index in [1.807, 2.05) is 27.0 Å². The maximum Gasteiger partial charge on any atom is 0.416 e. The number of amides is 2. The molecule has 0 atom stereocenters. The molecule has 0 aliphatic carbocycles. The molecule has 44 heavy (non-hydrogen) atoms. The van der Waals surface area contributed by atoms with Crippen LogP contribution < -0.4 is 15.4 Å². The maximum atomic E-state index is 13.7. The fraction of sp³-hybridized carbons (Fsp3) is 0.312. The van der Waals surface area contributed by atoms with Crippen molar-refractivity contribution in [1.29, 1.82) is 0 Å². The van der Waals surface area contributed by atoms with Crippen LogP contribution in [0.1, 0.15) is 29.4 Å². The third-order valence-electron chi connectivity index (χ3n) is 7.29. The molecule has 9 nitrogen and oxygen atoms in total. The number of anilines is 2. The molecule has 5 rings (SSSR count). The van der Waals surface area contributed by atoms with E-state index in [1.54, 1.807) is 48.8 Å². The summed E-state index contributed by atoms with van der Waals surface area (Å²) in [6, 6.07) is 13.5. The van der Waals surface area contributed by atoms with Gasteiger partial charge >= 0.3 is 12.2 Å². The van der Waals surface area contributed by atoms with Gasteiger partial charge in [0.15, 0.2) is 0 Å². The molecular weight excluding hydrogens is 571 g/mol. The van der Waals surface area contributed by atoms with Gasteiger partial charge in [-0.25, -0.2) is 19.7 Å². The number of ether oxygens (including phenoxy) is 1. The molecule has 0 unspecified atom stereocenters. The minimum absolute atomic E-state index is 0.0664. The number of hydrogen-bond donors (Lipinski definition) is 2. The largest absolute Gasteiger partial charge is 0.438 e. The number of benzene rings is 2. The highest BCUT2D eigenvalue weighted by atomic mass is 19.4. The third kappa shape index (κ3) is 7.88. The van der Waals surface area contributed by atoms with Crippen molar-refractivity contribution in [3.8, 4) is 22.9 Å². The summed E-state index contributed by atoms with van der Waals surface area (Å²) in [5.41, 5.74) is 2.30. The van der Waals surface area contributed by atoms with Crippen LogP contribution in [0.25, 0.3) is 11.3 Å². The van der Waals surface area contributed by atoms with E-state index in [-0.39, 0.29) is 5.69 Å². The Kier molecular flexibility index (Phi) is 9.40. The SMILES string of the molecule is CCc1nccc(-c2cccnc2Oc2ccc(NC(=O)Nc3cc(CN4CCN(C)CC4)cc(C(F)(F)F)c3)cc2C)n1. The molecule has 2 aromatic heterocycles. The molecular formula is C32H34F3N7O2. The van der Waals surface area contributed by atoms with Crippen LogP contribution >= 0.6 is 0 Å². The van der Waals surface area contributed by atoms with Crippen LogP contribution in [0, 0.1) is 6.92 Å². The van der Waals surface area contributed by atoms with E-state index in [0.717, 1.165) is 38.3 Å². The van der Waals surface area contributed by atoms with Gasteiger partial charge in [-0.1, -0.05) is 6.92 Å². The van der Waals surface area contributed by atoms with E-state index < -0.39 is 17.8 Å².